The van der Waals surface area contributed by atoms with Crippen LogP contribution in [0.5, 0.6) is 0 Å². The summed E-state index contributed by atoms with van der Waals surface area (Å²) in [5, 5.41) is 2.86. The van der Waals surface area contributed by atoms with Gasteiger partial charge >= 0.3 is 0 Å². The molecule has 0 unspecified atom stereocenters. The molecule has 0 aliphatic heterocycles. The lowest BCUT2D eigenvalue weighted by atomic mass is 10.1. The van der Waals surface area contributed by atoms with E-state index >= 15 is 0 Å². The third kappa shape index (κ3) is 3.58. The highest BCUT2D eigenvalue weighted by Gasteiger charge is 2.06. The highest BCUT2D eigenvalue weighted by atomic mass is 16.1. The highest BCUT2D eigenvalue weighted by Crippen LogP contribution is 2.19. The van der Waals surface area contributed by atoms with Crippen molar-refractivity contribution in [1.29, 1.82) is 0 Å². The first kappa shape index (κ1) is 13.1. The van der Waals surface area contributed by atoms with Gasteiger partial charge in [-0.25, -0.2) is 0 Å². The van der Waals surface area contributed by atoms with Crippen LogP contribution in [-0.2, 0) is 11.2 Å². The summed E-state index contributed by atoms with van der Waals surface area (Å²) in [5.74, 6) is -0.0529. The van der Waals surface area contributed by atoms with Crippen molar-refractivity contribution in [1.82, 2.24) is 0 Å². The van der Waals surface area contributed by atoms with Gasteiger partial charge in [-0.2, -0.15) is 0 Å². The first-order valence-corrected chi connectivity index (χ1v) is 6.26. The standard InChI is InChI=1S/C16H18N2O/c1-11-4-3-5-13(8-11)10-16(19)18-15-9-12(2)6-7-14(15)17/h3-9H,10,17H2,1-2H3,(H,18,19). The van der Waals surface area contributed by atoms with Crippen molar-refractivity contribution in [3.8, 4) is 0 Å². The zero-order valence-corrected chi connectivity index (χ0v) is 11.2. The van der Waals surface area contributed by atoms with Crippen LogP contribution in [0.4, 0.5) is 11.4 Å². The monoisotopic (exact) mass is 254 g/mol. The molecule has 3 nitrogen and oxygen atoms in total. The second-order valence-corrected chi connectivity index (χ2v) is 4.80. The maximum atomic E-state index is 12.0. The molecule has 0 aliphatic carbocycles. The molecule has 2 aromatic carbocycles. The van der Waals surface area contributed by atoms with Gasteiger partial charge in [0.1, 0.15) is 0 Å². The van der Waals surface area contributed by atoms with Gasteiger partial charge < -0.3 is 11.1 Å². The molecule has 2 rings (SSSR count). The Labute approximate surface area is 113 Å². The molecular formula is C16H18N2O. The molecule has 2 aromatic rings. The van der Waals surface area contributed by atoms with Gasteiger partial charge in [0.25, 0.3) is 0 Å². The average molecular weight is 254 g/mol. The van der Waals surface area contributed by atoms with Crippen molar-refractivity contribution in [3.63, 3.8) is 0 Å². The number of nitrogen functional groups attached to an aromatic ring is 1. The van der Waals surface area contributed by atoms with Crippen LogP contribution < -0.4 is 11.1 Å². The molecule has 98 valence electrons. The van der Waals surface area contributed by atoms with Crippen molar-refractivity contribution in [2.75, 3.05) is 11.1 Å². The number of carbonyl (C=O) groups excluding carboxylic acids is 1. The van der Waals surface area contributed by atoms with Gasteiger partial charge in [0.2, 0.25) is 5.91 Å². The Bertz CT molecular complexity index is 605. The summed E-state index contributed by atoms with van der Waals surface area (Å²) >= 11 is 0. The molecule has 0 aliphatic rings. The molecule has 19 heavy (non-hydrogen) atoms. The fraction of sp³-hybridized carbons (Fsp3) is 0.188. The molecule has 0 fully saturated rings. The average Bonchev–Trinajstić information content (AvgIpc) is 2.34. The molecule has 0 atom stereocenters. The van der Waals surface area contributed by atoms with E-state index < -0.39 is 0 Å². The van der Waals surface area contributed by atoms with E-state index in [1.54, 1.807) is 6.07 Å². The van der Waals surface area contributed by atoms with E-state index in [1.807, 2.05) is 50.2 Å². The molecule has 1 amide bonds. The minimum Gasteiger partial charge on any atom is -0.397 e. The van der Waals surface area contributed by atoms with Crippen molar-refractivity contribution < 1.29 is 4.79 Å². The van der Waals surface area contributed by atoms with Crippen LogP contribution >= 0.6 is 0 Å². The molecule has 0 saturated heterocycles. The van der Waals surface area contributed by atoms with Gasteiger partial charge in [0, 0.05) is 0 Å². The predicted molar refractivity (Wildman–Crippen MR) is 79.1 cm³/mol. The first-order valence-electron chi connectivity index (χ1n) is 6.26. The third-order valence-corrected chi connectivity index (χ3v) is 2.93. The van der Waals surface area contributed by atoms with Crippen LogP contribution in [0.15, 0.2) is 42.5 Å². The number of benzene rings is 2. The van der Waals surface area contributed by atoms with Crippen LogP contribution in [0.3, 0.4) is 0 Å². The van der Waals surface area contributed by atoms with Crippen LogP contribution in [0, 0.1) is 13.8 Å². The maximum Gasteiger partial charge on any atom is 0.228 e. The predicted octanol–water partition coefficient (Wildman–Crippen LogP) is 3.07. The summed E-state index contributed by atoms with van der Waals surface area (Å²) in [5.41, 5.74) is 10.3. The summed E-state index contributed by atoms with van der Waals surface area (Å²) in [6.45, 7) is 3.98. The smallest absolute Gasteiger partial charge is 0.228 e. The molecule has 0 spiro atoms. The van der Waals surface area contributed by atoms with E-state index in [0.717, 1.165) is 16.7 Å². The molecule has 0 aromatic heterocycles. The van der Waals surface area contributed by atoms with Crippen LogP contribution in [-0.4, -0.2) is 5.91 Å². The van der Waals surface area contributed by atoms with Gasteiger partial charge in [-0.1, -0.05) is 35.9 Å². The quantitative estimate of drug-likeness (QED) is 0.827. The molecule has 0 bridgehead atoms. The number of aryl methyl sites for hydroxylation is 2. The summed E-state index contributed by atoms with van der Waals surface area (Å²) in [6.07, 6.45) is 0.356. The lowest BCUT2D eigenvalue weighted by molar-refractivity contribution is -0.115. The number of hydrogen-bond acceptors (Lipinski definition) is 2. The lowest BCUT2D eigenvalue weighted by Crippen LogP contribution is -2.15. The van der Waals surface area contributed by atoms with Gasteiger partial charge in [-0.3, -0.25) is 4.79 Å². The SMILES string of the molecule is Cc1cccc(CC(=O)Nc2cc(C)ccc2N)c1. The fourth-order valence-corrected chi connectivity index (χ4v) is 1.98. The fourth-order valence-electron chi connectivity index (χ4n) is 1.98. The molecule has 3 heteroatoms. The Morgan fingerprint density at radius 2 is 1.84 bits per heavy atom. The zero-order valence-electron chi connectivity index (χ0n) is 11.2. The number of hydrogen-bond donors (Lipinski definition) is 2. The Kier molecular flexibility index (Phi) is 3.85. The first-order chi connectivity index (χ1) is 9.04. The highest BCUT2D eigenvalue weighted by molar-refractivity contribution is 5.95. The molecule has 3 N–H and O–H groups in total. The Morgan fingerprint density at radius 3 is 2.58 bits per heavy atom. The minimum atomic E-state index is -0.0529. The summed E-state index contributed by atoms with van der Waals surface area (Å²) in [6, 6.07) is 13.5. The molecule has 0 radical (unpaired) electrons. The van der Waals surface area contributed by atoms with Crippen molar-refractivity contribution in [3.05, 3.63) is 59.2 Å². The van der Waals surface area contributed by atoms with Gasteiger partial charge in [0.05, 0.1) is 17.8 Å². The number of amides is 1. The number of nitrogens with two attached hydrogens (primary N) is 1. The molecule has 0 heterocycles. The second kappa shape index (κ2) is 5.57. The van der Waals surface area contributed by atoms with E-state index in [1.165, 1.54) is 0 Å². The Morgan fingerprint density at radius 1 is 1.11 bits per heavy atom. The van der Waals surface area contributed by atoms with E-state index in [0.29, 0.717) is 17.8 Å². The van der Waals surface area contributed by atoms with E-state index in [2.05, 4.69) is 5.32 Å². The van der Waals surface area contributed by atoms with Gasteiger partial charge in [-0.15, -0.1) is 0 Å². The maximum absolute atomic E-state index is 12.0. The third-order valence-electron chi connectivity index (χ3n) is 2.93. The zero-order chi connectivity index (χ0) is 13.8. The number of carbonyl (C=O) groups is 1. The normalized spacial score (nSPS) is 10.2. The van der Waals surface area contributed by atoms with Crippen LogP contribution in [0.1, 0.15) is 16.7 Å². The van der Waals surface area contributed by atoms with Crippen LogP contribution in [0.2, 0.25) is 0 Å². The minimum absolute atomic E-state index is 0.0529. The summed E-state index contributed by atoms with van der Waals surface area (Å²) in [7, 11) is 0. The molecule has 0 saturated carbocycles. The summed E-state index contributed by atoms with van der Waals surface area (Å²) in [4.78, 5) is 12.0. The lowest BCUT2D eigenvalue weighted by Gasteiger charge is -2.09. The van der Waals surface area contributed by atoms with Crippen molar-refractivity contribution >= 4 is 17.3 Å². The Balaban J connectivity index is 2.07. The topological polar surface area (TPSA) is 55.1 Å². The number of anilines is 2. The summed E-state index contributed by atoms with van der Waals surface area (Å²) < 4.78 is 0. The second-order valence-electron chi connectivity index (χ2n) is 4.80. The van der Waals surface area contributed by atoms with E-state index in [9.17, 15) is 4.79 Å². The van der Waals surface area contributed by atoms with Crippen molar-refractivity contribution in [2.24, 2.45) is 0 Å². The largest absolute Gasteiger partial charge is 0.397 e. The number of rotatable bonds is 3. The number of nitrogens with one attached hydrogen (secondary N) is 1. The Hall–Kier alpha value is -2.29. The van der Waals surface area contributed by atoms with Gasteiger partial charge in [-0.05, 0) is 37.1 Å². The van der Waals surface area contributed by atoms with Crippen LogP contribution in [0.25, 0.3) is 0 Å². The van der Waals surface area contributed by atoms with E-state index in [4.69, 9.17) is 5.73 Å². The van der Waals surface area contributed by atoms with E-state index in [-0.39, 0.29) is 5.91 Å². The van der Waals surface area contributed by atoms with Gasteiger partial charge in [0.15, 0.2) is 0 Å². The molecular weight excluding hydrogens is 236 g/mol. The van der Waals surface area contributed by atoms with Crippen molar-refractivity contribution in [2.45, 2.75) is 20.3 Å².